The molecule has 0 radical (unpaired) electrons. The highest BCUT2D eigenvalue weighted by Gasteiger charge is 2.02. The molecular weight excluding hydrogens is 202 g/mol. The third-order valence-electron chi connectivity index (χ3n) is 1.74. The molecule has 0 saturated carbocycles. The number of nitrogens with two attached hydrogens (primary N) is 1. The molecule has 2 N–H and O–H groups in total. The van der Waals surface area contributed by atoms with Crippen LogP contribution in [0.3, 0.4) is 0 Å². The van der Waals surface area contributed by atoms with Crippen LogP contribution in [0.25, 0.3) is 0 Å². The molecule has 0 fully saturated rings. The van der Waals surface area contributed by atoms with Gasteiger partial charge in [0, 0.05) is 23.7 Å². The van der Waals surface area contributed by atoms with Gasteiger partial charge in [-0.05, 0) is 25.1 Å². The Bertz CT molecular complexity index is 291. The number of benzene rings is 1. The van der Waals surface area contributed by atoms with Crippen molar-refractivity contribution in [2.45, 2.75) is 13.5 Å². The van der Waals surface area contributed by atoms with Crippen LogP contribution in [0.1, 0.15) is 12.5 Å². The van der Waals surface area contributed by atoms with Crippen molar-refractivity contribution in [2.75, 3.05) is 13.4 Å². The maximum atomic E-state index is 5.81. The van der Waals surface area contributed by atoms with Crippen LogP contribution in [0, 0.1) is 0 Å². The van der Waals surface area contributed by atoms with E-state index in [9.17, 15) is 0 Å². The largest absolute Gasteiger partial charge is 0.467 e. The Hall–Kier alpha value is -0.770. The second kappa shape index (κ2) is 5.86. The summed E-state index contributed by atoms with van der Waals surface area (Å²) in [6, 6.07) is 5.36. The van der Waals surface area contributed by atoms with Gasteiger partial charge in [0.05, 0.1) is 0 Å². The van der Waals surface area contributed by atoms with Crippen molar-refractivity contribution < 1.29 is 9.47 Å². The van der Waals surface area contributed by atoms with Crippen LogP contribution in [0.5, 0.6) is 5.75 Å². The Balaban J connectivity index is 2.65. The summed E-state index contributed by atoms with van der Waals surface area (Å²) in [5.41, 5.74) is 6.43. The minimum atomic E-state index is 0.241. The molecule has 0 aliphatic rings. The molecule has 4 heteroatoms. The quantitative estimate of drug-likeness (QED) is 0.605. The second-order valence-electron chi connectivity index (χ2n) is 2.71. The third kappa shape index (κ3) is 3.18. The summed E-state index contributed by atoms with van der Waals surface area (Å²) in [5.74, 6) is 0.727. The zero-order valence-corrected chi connectivity index (χ0v) is 8.88. The van der Waals surface area contributed by atoms with Gasteiger partial charge in [0.25, 0.3) is 0 Å². The fourth-order valence-electron chi connectivity index (χ4n) is 1.04. The van der Waals surface area contributed by atoms with Crippen LogP contribution < -0.4 is 10.5 Å². The Morgan fingerprint density at radius 3 is 2.86 bits per heavy atom. The van der Waals surface area contributed by atoms with Gasteiger partial charge >= 0.3 is 0 Å². The van der Waals surface area contributed by atoms with Crippen LogP contribution in [-0.4, -0.2) is 13.4 Å². The molecule has 0 unspecified atom stereocenters. The van der Waals surface area contributed by atoms with E-state index < -0.39 is 0 Å². The first-order chi connectivity index (χ1) is 6.77. The number of rotatable bonds is 5. The summed E-state index contributed by atoms with van der Waals surface area (Å²) >= 11 is 5.81. The molecule has 0 amide bonds. The summed E-state index contributed by atoms with van der Waals surface area (Å²) in [5, 5.41) is 0.661. The molecule has 0 saturated heterocycles. The van der Waals surface area contributed by atoms with Crippen LogP contribution in [0.15, 0.2) is 18.2 Å². The van der Waals surface area contributed by atoms with Crippen molar-refractivity contribution in [3.05, 3.63) is 28.8 Å². The van der Waals surface area contributed by atoms with Gasteiger partial charge in [-0.1, -0.05) is 11.6 Å². The summed E-state index contributed by atoms with van der Waals surface area (Å²) < 4.78 is 10.4. The van der Waals surface area contributed by atoms with Gasteiger partial charge in [-0.3, -0.25) is 0 Å². The average Bonchev–Trinajstić information content (AvgIpc) is 2.20. The molecule has 0 bridgehead atoms. The molecule has 14 heavy (non-hydrogen) atoms. The molecule has 0 aromatic heterocycles. The molecule has 0 aliphatic carbocycles. The van der Waals surface area contributed by atoms with Crippen molar-refractivity contribution in [3.63, 3.8) is 0 Å². The van der Waals surface area contributed by atoms with Gasteiger partial charge in [-0.15, -0.1) is 0 Å². The van der Waals surface area contributed by atoms with Gasteiger partial charge in [-0.2, -0.15) is 0 Å². The van der Waals surface area contributed by atoms with E-state index in [2.05, 4.69) is 0 Å². The van der Waals surface area contributed by atoms with Gasteiger partial charge < -0.3 is 15.2 Å². The van der Waals surface area contributed by atoms with Crippen LogP contribution >= 0.6 is 11.6 Å². The summed E-state index contributed by atoms with van der Waals surface area (Å²) in [6.07, 6.45) is 0. The van der Waals surface area contributed by atoms with E-state index in [1.165, 1.54) is 0 Å². The van der Waals surface area contributed by atoms with Crippen molar-refractivity contribution in [1.29, 1.82) is 0 Å². The summed E-state index contributed by atoms with van der Waals surface area (Å²) in [7, 11) is 0. The predicted octanol–water partition coefficient (Wildman–Crippen LogP) is 2.17. The minimum absolute atomic E-state index is 0.241. The smallest absolute Gasteiger partial charge is 0.189 e. The zero-order valence-electron chi connectivity index (χ0n) is 8.13. The molecule has 0 atom stereocenters. The van der Waals surface area contributed by atoms with Crippen LogP contribution in [0.2, 0.25) is 5.02 Å². The Kier molecular flexibility index (Phi) is 4.73. The van der Waals surface area contributed by atoms with Crippen LogP contribution in [0.4, 0.5) is 0 Å². The predicted molar refractivity (Wildman–Crippen MR) is 56.5 cm³/mol. The van der Waals surface area contributed by atoms with E-state index >= 15 is 0 Å². The second-order valence-corrected chi connectivity index (χ2v) is 3.15. The normalized spacial score (nSPS) is 10.2. The highest BCUT2D eigenvalue weighted by Crippen LogP contribution is 2.22. The topological polar surface area (TPSA) is 44.5 Å². The monoisotopic (exact) mass is 215 g/mol. The van der Waals surface area contributed by atoms with Crippen molar-refractivity contribution >= 4 is 11.6 Å². The standard InChI is InChI=1S/C10H14ClNO2/c1-2-13-7-14-10-4-3-9(11)5-8(10)6-12/h3-5H,2,6-7,12H2,1H3. The first-order valence-electron chi connectivity index (χ1n) is 4.47. The van der Waals surface area contributed by atoms with Gasteiger partial charge in [0.1, 0.15) is 5.75 Å². The number of hydrogen-bond donors (Lipinski definition) is 1. The fourth-order valence-corrected chi connectivity index (χ4v) is 1.23. The fraction of sp³-hybridized carbons (Fsp3) is 0.400. The third-order valence-corrected chi connectivity index (χ3v) is 1.98. The molecule has 3 nitrogen and oxygen atoms in total. The average molecular weight is 216 g/mol. The molecule has 1 aromatic carbocycles. The molecule has 0 heterocycles. The van der Waals surface area contributed by atoms with E-state index in [-0.39, 0.29) is 6.79 Å². The van der Waals surface area contributed by atoms with E-state index in [0.717, 1.165) is 11.3 Å². The van der Waals surface area contributed by atoms with Crippen LogP contribution in [-0.2, 0) is 11.3 Å². The molecule has 78 valence electrons. The molecule has 0 aliphatic heterocycles. The Morgan fingerprint density at radius 2 is 2.21 bits per heavy atom. The molecular formula is C10H14ClNO2. The molecule has 1 aromatic rings. The van der Waals surface area contributed by atoms with Crippen molar-refractivity contribution in [1.82, 2.24) is 0 Å². The minimum Gasteiger partial charge on any atom is -0.467 e. The number of halogens is 1. The SMILES string of the molecule is CCOCOc1ccc(Cl)cc1CN. The Labute approximate surface area is 88.8 Å². The van der Waals surface area contributed by atoms with Crippen molar-refractivity contribution in [3.8, 4) is 5.75 Å². The van der Waals surface area contributed by atoms with E-state index in [1.807, 2.05) is 6.92 Å². The first-order valence-corrected chi connectivity index (χ1v) is 4.84. The van der Waals surface area contributed by atoms with Gasteiger partial charge in [0.2, 0.25) is 0 Å². The molecule has 1 rings (SSSR count). The highest BCUT2D eigenvalue weighted by molar-refractivity contribution is 6.30. The summed E-state index contributed by atoms with van der Waals surface area (Å²) in [4.78, 5) is 0. The maximum Gasteiger partial charge on any atom is 0.189 e. The summed E-state index contributed by atoms with van der Waals surface area (Å²) in [6.45, 7) is 3.19. The first kappa shape index (κ1) is 11.3. The highest BCUT2D eigenvalue weighted by atomic mass is 35.5. The van der Waals surface area contributed by atoms with E-state index in [0.29, 0.717) is 18.2 Å². The van der Waals surface area contributed by atoms with Gasteiger partial charge in [0.15, 0.2) is 6.79 Å². The number of ether oxygens (including phenoxy) is 2. The molecule has 0 spiro atoms. The lowest BCUT2D eigenvalue weighted by atomic mass is 10.2. The maximum absolute atomic E-state index is 5.81. The van der Waals surface area contributed by atoms with Crippen molar-refractivity contribution in [2.24, 2.45) is 5.73 Å². The van der Waals surface area contributed by atoms with E-state index in [1.54, 1.807) is 18.2 Å². The number of hydrogen-bond acceptors (Lipinski definition) is 3. The lowest BCUT2D eigenvalue weighted by Gasteiger charge is -2.10. The van der Waals surface area contributed by atoms with E-state index in [4.69, 9.17) is 26.8 Å². The Morgan fingerprint density at radius 1 is 1.43 bits per heavy atom. The lowest BCUT2D eigenvalue weighted by Crippen LogP contribution is -2.06. The van der Waals surface area contributed by atoms with Gasteiger partial charge in [-0.25, -0.2) is 0 Å². The lowest BCUT2D eigenvalue weighted by molar-refractivity contribution is 0.0218. The zero-order chi connectivity index (χ0) is 10.4.